The van der Waals surface area contributed by atoms with Crippen molar-refractivity contribution < 1.29 is 18.0 Å². The van der Waals surface area contributed by atoms with Crippen molar-refractivity contribution in [3.63, 3.8) is 0 Å². The van der Waals surface area contributed by atoms with Gasteiger partial charge in [-0.15, -0.1) is 0 Å². The monoisotopic (exact) mass is 297 g/mol. The first kappa shape index (κ1) is 15.1. The molecule has 1 heterocycles. The number of benzene rings is 1. The van der Waals surface area contributed by atoms with Crippen LogP contribution in [0.25, 0.3) is 6.08 Å². The van der Waals surface area contributed by atoms with Crippen LogP contribution in [0.15, 0.2) is 28.8 Å². The molecular weight excluding hydrogens is 283 g/mol. The van der Waals surface area contributed by atoms with E-state index in [1.165, 1.54) is 17.0 Å². The van der Waals surface area contributed by atoms with E-state index in [-0.39, 0.29) is 23.9 Å². The summed E-state index contributed by atoms with van der Waals surface area (Å²) in [6, 6.07) is 3.19. The molecule has 1 aromatic carbocycles. The van der Waals surface area contributed by atoms with Crippen molar-refractivity contribution in [2.75, 3.05) is 14.1 Å². The Bertz CT molecular complexity index is 645. The lowest BCUT2D eigenvalue weighted by Crippen LogP contribution is -2.25. The Morgan fingerprint density at radius 2 is 2.00 bits per heavy atom. The van der Waals surface area contributed by atoms with Crippen LogP contribution < -0.4 is 5.73 Å². The van der Waals surface area contributed by atoms with Crippen molar-refractivity contribution in [3.8, 4) is 0 Å². The first-order valence-electron chi connectivity index (χ1n) is 6.15. The highest BCUT2D eigenvalue weighted by Gasteiger charge is 2.31. The smallest absolute Gasteiger partial charge is 0.387 e. The Kier molecular flexibility index (Phi) is 3.76. The predicted octanol–water partition coefficient (Wildman–Crippen LogP) is 2.57. The second kappa shape index (κ2) is 5.23. The number of nitrogens with zero attached hydrogens (tertiary/aromatic N) is 2. The number of fused-ring (bicyclic) bond motifs is 1. The van der Waals surface area contributed by atoms with Crippen LogP contribution in [0.1, 0.15) is 17.5 Å². The quantitative estimate of drug-likeness (QED) is 0.866. The minimum Gasteiger partial charge on any atom is -0.387 e. The SMILES string of the molecule is CN(C)C(=O)C1=Cc2ccc(C(F)(F)F)cc2N=C(N)C1. The first-order valence-corrected chi connectivity index (χ1v) is 6.15. The van der Waals surface area contributed by atoms with Crippen LogP contribution in [-0.4, -0.2) is 30.7 Å². The number of carbonyl (C=O) groups excluding carboxylic acids is 1. The highest BCUT2D eigenvalue weighted by molar-refractivity contribution is 6.05. The number of carbonyl (C=O) groups is 1. The maximum atomic E-state index is 12.7. The molecule has 0 bridgehead atoms. The van der Waals surface area contributed by atoms with Crippen molar-refractivity contribution in [1.82, 2.24) is 4.90 Å². The van der Waals surface area contributed by atoms with Gasteiger partial charge >= 0.3 is 6.18 Å². The summed E-state index contributed by atoms with van der Waals surface area (Å²) in [6.07, 6.45) is -2.81. The second-order valence-corrected chi connectivity index (χ2v) is 4.92. The average molecular weight is 297 g/mol. The third-order valence-corrected chi connectivity index (χ3v) is 3.00. The minimum atomic E-state index is -4.45. The molecule has 1 aliphatic rings. The lowest BCUT2D eigenvalue weighted by atomic mass is 10.0. The van der Waals surface area contributed by atoms with Crippen molar-refractivity contribution >= 4 is 23.5 Å². The third kappa shape index (κ3) is 3.24. The Balaban J connectivity index is 2.53. The number of amidine groups is 1. The number of hydrogen-bond donors (Lipinski definition) is 1. The molecule has 1 aliphatic heterocycles. The van der Waals surface area contributed by atoms with Crippen molar-refractivity contribution in [2.45, 2.75) is 12.6 Å². The number of rotatable bonds is 1. The fourth-order valence-electron chi connectivity index (χ4n) is 1.99. The van der Waals surface area contributed by atoms with Crippen LogP contribution in [0.5, 0.6) is 0 Å². The van der Waals surface area contributed by atoms with Crippen LogP contribution in [0.2, 0.25) is 0 Å². The zero-order valence-electron chi connectivity index (χ0n) is 11.5. The second-order valence-electron chi connectivity index (χ2n) is 4.92. The molecule has 0 unspecified atom stereocenters. The molecule has 7 heteroatoms. The molecule has 0 aliphatic carbocycles. The summed E-state index contributed by atoms with van der Waals surface area (Å²) in [5.41, 5.74) is 5.84. The predicted molar refractivity (Wildman–Crippen MR) is 74.0 cm³/mol. The Morgan fingerprint density at radius 1 is 1.33 bits per heavy atom. The lowest BCUT2D eigenvalue weighted by molar-refractivity contribution is -0.137. The Morgan fingerprint density at radius 3 is 2.57 bits per heavy atom. The largest absolute Gasteiger partial charge is 0.416 e. The van der Waals surface area contributed by atoms with Gasteiger partial charge in [0.2, 0.25) is 5.91 Å². The Hall–Kier alpha value is -2.31. The maximum absolute atomic E-state index is 12.7. The topological polar surface area (TPSA) is 58.7 Å². The average Bonchev–Trinajstić information content (AvgIpc) is 2.53. The van der Waals surface area contributed by atoms with Crippen LogP contribution in [0.4, 0.5) is 18.9 Å². The van der Waals surface area contributed by atoms with Gasteiger partial charge in [0, 0.05) is 31.7 Å². The number of hydrogen-bond acceptors (Lipinski definition) is 3. The lowest BCUT2D eigenvalue weighted by Gasteiger charge is -2.12. The number of aliphatic imine (C=N–C) groups is 1. The third-order valence-electron chi connectivity index (χ3n) is 3.00. The Labute approximate surface area is 119 Å². The van der Waals surface area contributed by atoms with E-state index in [9.17, 15) is 18.0 Å². The van der Waals surface area contributed by atoms with E-state index in [1.807, 2.05) is 0 Å². The number of nitrogens with two attached hydrogens (primary N) is 1. The molecule has 0 spiro atoms. The first-order chi connectivity index (χ1) is 9.68. The molecule has 0 fully saturated rings. The van der Waals surface area contributed by atoms with Crippen LogP contribution in [0.3, 0.4) is 0 Å². The van der Waals surface area contributed by atoms with Gasteiger partial charge in [0.25, 0.3) is 0 Å². The van der Waals surface area contributed by atoms with Gasteiger partial charge in [-0.2, -0.15) is 13.2 Å². The standard InChI is InChI=1S/C14H14F3N3O/c1-20(2)13(21)9-5-8-3-4-10(14(15,16)17)7-11(8)19-12(18)6-9/h3-5,7H,6H2,1-2H3,(H2,18,19). The molecule has 2 N–H and O–H groups in total. The van der Waals surface area contributed by atoms with Gasteiger partial charge in [-0.25, -0.2) is 4.99 Å². The zero-order chi connectivity index (χ0) is 15.8. The van der Waals surface area contributed by atoms with E-state index < -0.39 is 11.7 Å². The van der Waals surface area contributed by atoms with E-state index >= 15 is 0 Å². The van der Waals surface area contributed by atoms with E-state index in [2.05, 4.69) is 4.99 Å². The molecule has 4 nitrogen and oxygen atoms in total. The molecule has 2 rings (SSSR count). The summed E-state index contributed by atoms with van der Waals surface area (Å²) in [5.74, 6) is -0.143. The van der Waals surface area contributed by atoms with Crippen molar-refractivity contribution in [2.24, 2.45) is 10.7 Å². The van der Waals surface area contributed by atoms with Gasteiger partial charge in [-0.3, -0.25) is 4.79 Å². The van der Waals surface area contributed by atoms with E-state index in [1.54, 1.807) is 14.1 Å². The molecule has 112 valence electrons. The van der Waals surface area contributed by atoms with Gasteiger partial charge in [-0.1, -0.05) is 6.07 Å². The summed E-state index contributed by atoms with van der Waals surface area (Å²) >= 11 is 0. The summed E-state index contributed by atoms with van der Waals surface area (Å²) in [6.45, 7) is 0. The maximum Gasteiger partial charge on any atom is 0.416 e. The number of halogens is 3. The fraction of sp³-hybridized carbons (Fsp3) is 0.286. The molecule has 1 amide bonds. The van der Waals surface area contributed by atoms with Gasteiger partial charge in [0.05, 0.1) is 11.3 Å². The van der Waals surface area contributed by atoms with Crippen LogP contribution >= 0.6 is 0 Å². The molecule has 0 radical (unpaired) electrons. The van der Waals surface area contributed by atoms with Gasteiger partial charge in [-0.05, 0) is 18.2 Å². The number of likely N-dealkylation sites (N-methyl/N-ethyl adjacent to an activating group) is 1. The summed E-state index contributed by atoms with van der Waals surface area (Å²) < 4.78 is 38.1. The molecule has 0 saturated carbocycles. The van der Waals surface area contributed by atoms with E-state index in [4.69, 9.17) is 5.73 Å². The fourth-order valence-corrected chi connectivity index (χ4v) is 1.99. The molecular formula is C14H14F3N3O. The number of amides is 1. The van der Waals surface area contributed by atoms with Crippen molar-refractivity contribution in [3.05, 3.63) is 34.9 Å². The van der Waals surface area contributed by atoms with Crippen molar-refractivity contribution in [1.29, 1.82) is 0 Å². The van der Waals surface area contributed by atoms with Gasteiger partial charge in [0.15, 0.2) is 0 Å². The van der Waals surface area contributed by atoms with Crippen LogP contribution in [0, 0.1) is 0 Å². The normalized spacial score (nSPS) is 14.7. The molecule has 0 aromatic heterocycles. The van der Waals surface area contributed by atoms with Gasteiger partial charge in [0.1, 0.15) is 5.84 Å². The zero-order valence-corrected chi connectivity index (χ0v) is 11.5. The highest BCUT2D eigenvalue weighted by atomic mass is 19.4. The van der Waals surface area contributed by atoms with Gasteiger partial charge < -0.3 is 10.6 Å². The van der Waals surface area contributed by atoms with Crippen LogP contribution in [-0.2, 0) is 11.0 Å². The molecule has 0 atom stereocenters. The van der Waals surface area contributed by atoms with E-state index in [0.717, 1.165) is 12.1 Å². The summed E-state index contributed by atoms with van der Waals surface area (Å²) in [4.78, 5) is 17.4. The molecule has 21 heavy (non-hydrogen) atoms. The van der Waals surface area contributed by atoms with E-state index in [0.29, 0.717) is 11.1 Å². The highest BCUT2D eigenvalue weighted by Crippen LogP contribution is 2.35. The number of alkyl halides is 3. The summed E-state index contributed by atoms with van der Waals surface area (Å²) in [5, 5.41) is 0. The molecule has 0 saturated heterocycles. The minimum absolute atomic E-state index is 0.104. The summed E-state index contributed by atoms with van der Waals surface area (Å²) in [7, 11) is 3.18. The molecule has 1 aromatic rings.